The maximum Gasteiger partial charge on any atom is 0.303 e. The number of aliphatic carboxylic acids is 1. The summed E-state index contributed by atoms with van der Waals surface area (Å²) in [4.78, 5) is 21.6. The molecule has 16 heavy (non-hydrogen) atoms. The summed E-state index contributed by atoms with van der Waals surface area (Å²) in [5, 5.41) is 11.3. The normalized spacial score (nSPS) is 14.2. The average Bonchev–Trinajstić information content (AvgIpc) is 2.22. The third-order valence-electron chi connectivity index (χ3n) is 2.61. The fraction of sp³-hybridized carbons (Fsp3) is 0.818. The second kappa shape index (κ2) is 8.10. The average molecular weight is 230 g/mol. The summed E-state index contributed by atoms with van der Waals surface area (Å²) in [7, 11) is 0. The molecule has 0 aliphatic rings. The molecule has 0 saturated heterocycles. The number of carboxylic acids is 1. The van der Waals surface area contributed by atoms with E-state index >= 15 is 0 Å². The van der Waals surface area contributed by atoms with Gasteiger partial charge < -0.3 is 16.2 Å². The fourth-order valence-electron chi connectivity index (χ4n) is 1.44. The molecule has 0 aromatic rings. The summed E-state index contributed by atoms with van der Waals surface area (Å²) in [5.74, 6) is -0.573. The maximum absolute atomic E-state index is 11.1. The molecule has 0 aliphatic heterocycles. The fourth-order valence-corrected chi connectivity index (χ4v) is 1.44. The second-order valence-corrected chi connectivity index (χ2v) is 4.08. The van der Waals surface area contributed by atoms with E-state index in [9.17, 15) is 9.59 Å². The van der Waals surface area contributed by atoms with Crippen LogP contribution in [0.2, 0.25) is 0 Å². The van der Waals surface area contributed by atoms with E-state index in [4.69, 9.17) is 10.8 Å². The van der Waals surface area contributed by atoms with Gasteiger partial charge in [-0.3, -0.25) is 9.59 Å². The molecule has 5 nitrogen and oxygen atoms in total. The van der Waals surface area contributed by atoms with Crippen LogP contribution in [0.25, 0.3) is 0 Å². The van der Waals surface area contributed by atoms with Crippen molar-refractivity contribution in [3.63, 3.8) is 0 Å². The Morgan fingerprint density at radius 2 is 2.00 bits per heavy atom. The van der Waals surface area contributed by atoms with Crippen molar-refractivity contribution >= 4 is 11.9 Å². The molecule has 1 amide bonds. The van der Waals surface area contributed by atoms with Gasteiger partial charge in [0.25, 0.3) is 0 Å². The molecule has 1 unspecified atom stereocenters. The van der Waals surface area contributed by atoms with E-state index in [1.165, 1.54) is 0 Å². The van der Waals surface area contributed by atoms with E-state index in [0.717, 1.165) is 12.8 Å². The molecule has 0 spiro atoms. The van der Waals surface area contributed by atoms with Crippen LogP contribution in [0.1, 0.15) is 39.5 Å². The van der Waals surface area contributed by atoms with Crippen molar-refractivity contribution in [2.75, 3.05) is 6.54 Å². The van der Waals surface area contributed by atoms with Crippen LogP contribution >= 0.6 is 0 Å². The van der Waals surface area contributed by atoms with Crippen molar-refractivity contribution < 1.29 is 14.7 Å². The highest BCUT2D eigenvalue weighted by atomic mass is 16.4. The number of carbonyl (C=O) groups excluding carboxylic acids is 1. The number of amides is 1. The molecule has 0 aromatic heterocycles. The number of nitrogens with two attached hydrogens (primary N) is 1. The minimum absolute atomic E-state index is 0.159. The van der Waals surface area contributed by atoms with Crippen molar-refractivity contribution in [3.05, 3.63) is 0 Å². The molecule has 0 heterocycles. The third kappa shape index (κ3) is 7.23. The first-order valence-corrected chi connectivity index (χ1v) is 5.72. The van der Waals surface area contributed by atoms with Gasteiger partial charge in [0, 0.05) is 13.0 Å². The van der Waals surface area contributed by atoms with E-state index in [0.29, 0.717) is 18.9 Å². The molecule has 4 N–H and O–H groups in total. The van der Waals surface area contributed by atoms with Gasteiger partial charge in [0.1, 0.15) is 0 Å². The quantitative estimate of drug-likeness (QED) is 0.573. The molecular weight excluding hydrogens is 208 g/mol. The zero-order valence-corrected chi connectivity index (χ0v) is 10.0. The number of carboxylic acid groups (broad SMARTS) is 1. The van der Waals surface area contributed by atoms with Crippen LogP contribution in [-0.2, 0) is 9.59 Å². The molecule has 94 valence electrons. The van der Waals surface area contributed by atoms with Gasteiger partial charge in [0.15, 0.2) is 0 Å². The van der Waals surface area contributed by atoms with Crippen LogP contribution in [0.5, 0.6) is 0 Å². The standard InChI is InChI=1S/C11H22N2O3/c1-3-9(4-5-10(14)15)6-7-13-11(16)8(2)12/h8-9H,3-7,12H2,1-2H3,(H,13,16)(H,14,15)/t8-,9?/m1/s1. The molecular formula is C11H22N2O3. The smallest absolute Gasteiger partial charge is 0.303 e. The van der Waals surface area contributed by atoms with Crippen LogP contribution in [0, 0.1) is 5.92 Å². The minimum atomic E-state index is -0.766. The Bertz CT molecular complexity index is 229. The first-order chi connectivity index (χ1) is 7.47. The Kier molecular flexibility index (Phi) is 7.54. The molecule has 0 rings (SSSR count). The lowest BCUT2D eigenvalue weighted by molar-refractivity contribution is -0.137. The Labute approximate surface area is 96.4 Å². The van der Waals surface area contributed by atoms with Crippen molar-refractivity contribution in [2.24, 2.45) is 11.7 Å². The summed E-state index contributed by atoms with van der Waals surface area (Å²) in [6.45, 7) is 4.23. The molecule has 0 bridgehead atoms. The zero-order chi connectivity index (χ0) is 12.6. The van der Waals surface area contributed by atoms with Crippen LogP contribution in [-0.4, -0.2) is 29.6 Å². The predicted molar refractivity (Wildman–Crippen MR) is 61.9 cm³/mol. The minimum Gasteiger partial charge on any atom is -0.481 e. The van der Waals surface area contributed by atoms with Gasteiger partial charge >= 0.3 is 5.97 Å². The predicted octanol–water partition coefficient (Wildman–Crippen LogP) is 0.731. The molecule has 0 fully saturated rings. The monoisotopic (exact) mass is 230 g/mol. The van der Waals surface area contributed by atoms with E-state index in [2.05, 4.69) is 5.32 Å². The van der Waals surface area contributed by atoms with E-state index < -0.39 is 12.0 Å². The van der Waals surface area contributed by atoms with Crippen molar-refractivity contribution in [3.8, 4) is 0 Å². The highest BCUT2D eigenvalue weighted by Gasteiger charge is 2.10. The molecule has 2 atom stereocenters. The lowest BCUT2D eigenvalue weighted by atomic mass is 9.96. The lowest BCUT2D eigenvalue weighted by Crippen LogP contribution is -2.39. The van der Waals surface area contributed by atoms with E-state index in [1.807, 2.05) is 6.92 Å². The topological polar surface area (TPSA) is 92.4 Å². The highest BCUT2D eigenvalue weighted by molar-refractivity contribution is 5.80. The van der Waals surface area contributed by atoms with Crippen molar-refractivity contribution in [2.45, 2.75) is 45.6 Å². The van der Waals surface area contributed by atoms with Crippen LogP contribution in [0.15, 0.2) is 0 Å². The summed E-state index contributed by atoms with van der Waals surface area (Å²) >= 11 is 0. The third-order valence-corrected chi connectivity index (χ3v) is 2.61. The Hall–Kier alpha value is -1.10. The largest absolute Gasteiger partial charge is 0.481 e. The van der Waals surface area contributed by atoms with Gasteiger partial charge in [-0.2, -0.15) is 0 Å². The van der Waals surface area contributed by atoms with Crippen molar-refractivity contribution in [1.82, 2.24) is 5.32 Å². The van der Waals surface area contributed by atoms with Gasteiger partial charge in [0.05, 0.1) is 6.04 Å². The molecule has 0 aliphatic carbocycles. The molecule has 0 aromatic carbocycles. The van der Waals surface area contributed by atoms with Gasteiger partial charge in [-0.15, -0.1) is 0 Å². The number of hydrogen-bond acceptors (Lipinski definition) is 3. The summed E-state index contributed by atoms with van der Waals surface area (Å²) < 4.78 is 0. The van der Waals surface area contributed by atoms with Gasteiger partial charge in [0.2, 0.25) is 5.91 Å². The number of carbonyl (C=O) groups is 2. The maximum atomic E-state index is 11.1. The van der Waals surface area contributed by atoms with Gasteiger partial charge in [-0.25, -0.2) is 0 Å². The van der Waals surface area contributed by atoms with Crippen LogP contribution in [0.4, 0.5) is 0 Å². The molecule has 5 heteroatoms. The summed E-state index contributed by atoms with van der Waals surface area (Å²) in [5.41, 5.74) is 5.39. The first-order valence-electron chi connectivity index (χ1n) is 5.72. The SMILES string of the molecule is CCC(CCNC(=O)[C@@H](C)N)CCC(=O)O. The van der Waals surface area contributed by atoms with Crippen molar-refractivity contribution in [1.29, 1.82) is 0 Å². The highest BCUT2D eigenvalue weighted by Crippen LogP contribution is 2.14. The lowest BCUT2D eigenvalue weighted by Gasteiger charge is -2.14. The Morgan fingerprint density at radius 3 is 2.44 bits per heavy atom. The van der Waals surface area contributed by atoms with Gasteiger partial charge in [-0.1, -0.05) is 13.3 Å². The van der Waals surface area contributed by atoms with Crippen LogP contribution < -0.4 is 11.1 Å². The zero-order valence-electron chi connectivity index (χ0n) is 10.0. The molecule has 0 saturated carbocycles. The number of rotatable bonds is 8. The second-order valence-electron chi connectivity index (χ2n) is 4.08. The summed E-state index contributed by atoms with van der Waals surface area (Å²) in [6.07, 6.45) is 2.60. The Balaban J connectivity index is 3.70. The van der Waals surface area contributed by atoms with E-state index in [1.54, 1.807) is 6.92 Å². The Morgan fingerprint density at radius 1 is 1.38 bits per heavy atom. The summed E-state index contributed by atoms with van der Waals surface area (Å²) in [6, 6.07) is -0.487. The number of nitrogens with one attached hydrogen (secondary N) is 1. The van der Waals surface area contributed by atoms with Crippen LogP contribution in [0.3, 0.4) is 0 Å². The van der Waals surface area contributed by atoms with Gasteiger partial charge in [-0.05, 0) is 25.7 Å². The van der Waals surface area contributed by atoms with E-state index in [-0.39, 0.29) is 12.3 Å². The first kappa shape index (κ1) is 14.9. The molecule has 0 radical (unpaired) electrons. The number of hydrogen-bond donors (Lipinski definition) is 3.